The Bertz CT molecular complexity index is 467. The van der Waals surface area contributed by atoms with E-state index in [4.69, 9.17) is 14.5 Å². The van der Waals surface area contributed by atoms with Crippen LogP contribution in [0.2, 0.25) is 0 Å². The molecule has 0 bridgehead atoms. The summed E-state index contributed by atoms with van der Waals surface area (Å²) in [4.78, 5) is 40.1. The molecular weight excluding hydrogens is 323 g/mol. The summed E-state index contributed by atoms with van der Waals surface area (Å²) in [5.74, 6) is -1.14. The van der Waals surface area contributed by atoms with Gasteiger partial charge in [0.2, 0.25) is 11.8 Å². The van der Waals surface area contributed by atoms with Crippen LogP contribution in [0.3, 0.4) is 0 Å². The number of aliphatic hydroxyl groups is 2. The maximum absolute atomic E-state index is 11.2. The Hall–Kier alpha value is -1.07. The van der Waals surface area contributed by atoms with Crippen LogP contribution in [0.15, 0.2) is 0 Å². The van der Waals surface area contributed by atoms with Crippen molar-refractivity contribution in [3.63, 3.8) is 0 Å². The number of hydrogen-bond acceptors (Lipinski definition) is 7. The highest BCUT2D eigenvalue weighted by molar-refractivity contribution is 7.46. The Labute approximate surface area is 125 Å². The summed E-state index contributed by atoms with van der Waals surface area (Å²) in [6.45, 7) is 1.63. The number of carbonyl (C=O) groups is 2. The summed E-state index contributed by atoms with van der Waals surface area (Å²) in [7, 11) is -4.98. The molecule has 1 saturated heterocycles. The summed E-state index contributed by atoms with van der Waals surface area (Å²) in [5.41, 5.74) is 0. The zero-order chi connectivity index (χ0) is 17.1. The first kappa shape index (κ1) is 19.0. The molecule has 1 rings (SSSR count). The minimum atomic E-state index is -4.98. The topological polar surface area (TPSA) is 175 Å². The van der Waals surface area contributed by atoms with Crippen molar-refractivity contribution in [2.24, 2.45) is 0 Å². The quantitative estimate of drug-likeness (QED) is 0.288. The Kier molecular flexibility index (Phi) is 6.44. The molecule has 0 aromatic carbocycles. The minimum Gasteiger partial charge on any atom is -0.394 e. The molecule has 128 valence electrons. The lowest BCUT2D eigenvalue weighted by Crippen LogP contribution is -2.68. The highest BCUT2D eigenvalue weighted by atomic mass is 31.2. The van der Waals surface area contributed by atoms with Gasteiger partial charge in [0.1, 0.15) is 18.2 Å². The van der Waals surface area contributed by atoms with E-state index in [1.165, 1.54) is 6.92 Å². The van der Waals surface area contributed by atoms with E-state index in [2.05, 4.69) is 15.2 Å². The number of ether oxygens (including phenoxy) is 1. The number of phosphoric acid groups is 1. The molecule has 1 fully saturated rings. The highest BCUT2D eigenvalue weighted by Crippen LogP contribution is 2.40. The average Bonchev–Trinajstić information content (AvgIpc) is 2.34. The van der Waals surface area contributed by atoms with E-state index >= 15 is 0 Å². The molecule has 0 unspecified atom stereocenters. The number of amides is 2. The van der Waals surface area contributed by atoms with Crippen LogP contribution in [0, 0.1) is 0 Å². The van der Waals surface area contributed by atoms with E-state index in [0.29, 0.717) is 0 Å². The second kappa shape index (κ2) is 7.47. The molecule has 0 aromatic heterocycles. The van der Waals surface area contributed by atoms with Crippen LogP contribution >= 0.6 is 7.82 Å². The second-order valence-electron chi connectivity index (χ2n) is 4.76. The summed E-state index contributed by atoms with van der Waals surface area (Å²) in [6.07, 6.45) is -4.39. The van der Waals surface area contributed by atoms with Gasteiger partial charge in [0.15, 0.2) is 6.29 Å². The highest BCUT2D eigenvalue weighted by Gasteiger charge is 2.48. The fourth-order valence-electron chi connectivity index (χ4n) is 2.13. The minimum absolute atomic E-state index is 0.526. The first-order valence-electron chi connectivity index (χ1n) is 6.27. The molecule has 1 heterocycles. The summed E-state index contributed by atoms with van der Waals surface area (Å²) in [5, 5.41) is 24.1. The molecule has 22 heavy (non-hydrogen) atoms. The fraction of sp³-hybridized carbons (Fsp3) is 0.800. The van der Waals surface area contributed by atoms with Gasteiger partial charge in [-0.1, -0.05) is 0 Å². The maximum Gasteiger partial charge on any atom is 0.472 e. The Balaban J connectivity index is 3.05. The lowest BCUT2D eigenvalue weighted by atomic mass is 9.94. The predicted octanol–water partition coefficient (Wildman–Crippen LogP) is -2.82. The molecule has 0 radical (unpaired) electrons. The van der Waals surface area contributed by atoms with Crippen molar-refractivity contribution in [3.8, 4) is 0 Å². The van der Waals surface area contributed by atoms with E-state index in [1.807, 2.05) is 0 Å². The van der Waals surface area contributed by atoms with Gasteiger partial charge < -0.3 is 35.4 Å². The molecule has 12 heteroatoms. The van der Waals surface area contributed by atoms with Crippen LogP contribution in [-0.4, -0.2) is 69.0 Å². The molecule has 1 aliphatic heterocycles. The van der Waals surface area contributed by atoms with Gasteiger partial charge in [-0.2, -0.15) is 0 Å². The molecule has 0 aliphatic carbocycles. The number of aliphatic hydroxyl groups excluding tert-OH is 2. The zero-order valence-electron chi connectivity index (χ0n) is 11.9. The van der Waals surface area contributed by atoms with Gasteiger partial charge in [0.05, 0.1) is 12.6 Å². The lowest BCUT2D eigenvalue weighted by molar-refractivity contribution is -0.219. The van der Waals surface area contributed by atoms with Crippen LogP contribution in [0.5, 0.6) is 0 Å². The first-order chi connectivity index (χ1) is 10.0. The number of hydrogen-bond donors (Lipinski definition) is 6. The maximum atomic E-state index is 11.2. The number of phosphoric ester groups is 1. The summed E-state index contributed by atoms with van der Waals surface area (Å²) >= 11 is 0. The second-order valence-corrected chi connectivity index (χ2v) is 5.96. The third-order valence-electron chi connectivity index (χ3n) is 2.90. The zero-order valence-corrected chi connectivity index (χ0v) is 12.8. The Morgan fingerprint density at radius 1 is 1.18 bits per heavy atom. The number of rotatable bonds is 5. The summed E-state index contributed by atoms with van der Waals surface area (Å²) < 4.78 is 20.5. The molecule has 0 aromatic rings. The molecule has 2 amide bonds. The van der Waals surface area contributed by atoms with Crippen molar-refractivity contribution in [3.05, 3.63) is 0 Å². The van der Waals surface area contributed by atoms with Gasteiger partial charge >= 0.3 is 7.82 Å². The summed E-state index contributed by atoms with van der Waals surface area (Å²) in [6, 6.07) is -2.46. The van der Waals surface area contributed by atoms with Gasteiger partial charge in [0, 0.05) is 13.8 Å². The van der Waals surface area contributed by atoms with Gasteiger partial charge in [-0.3, -0.25) is 14.1 Å². The van der Waals surface area contributed by atoms with E-state index in [1.54, 1.807) is 0 Å². The third kappa shape index (κ3) is 5.29. The van der Waals surface area contributed by atoms with Crippen molar-refractivity contribution in [2.45, 2.75) is 44.4 Å². The molecule has 0 spiro atoms. The van der Waals surface area contributed by atoms with Crippen LogP contribution in [0.4, 0.5) is 0 Å². The lowest BCUT2D eigenvalue weighted by Gasteiger charge is -2.44. The fourth-order valence-corrected chi connectivity index (χ4v) is 2.58. The smallest absolute Gasteiger partial charge is 0.394 e. The van der Waals surface area contributed by atoms with E-state index in [0.717, 1.165) is 6.92 Å². The van der Waals surface area contributed by atoms with Gasteiger partial charge in [0.25, 0.3) is 0 Å². The molecule has 11 nitrogen and oxygen atoms in total. The first-order valence-corrected chi connectivity index (χ1v) is 7.80. The van der Waals surface area contributed by atoms with Crippen molar-refractivity contribution in [2.75, 3.05) is 6.61 Å². The van der Waals surface area contributed by atoms with Crippen LogP contribution in [0.25, 0.3) is 0 Å². The van der Waals surface area contributed by atoms with Gasteiger partial charge in [-0.05, 0) is 0 Å². The monoisotopic (exact) mass is 342 g/mol. The predicted molar refractivity (Wildman–Crippen MR) is 70.1 cm³/mol. The third-order valence-corrected chi connectivity index (χ3v) is 3.38. The molecular formula is C10H19N2O9P. The van der Waals surface area contributed by atoms with E-state index < -0.39 is 56.8 Å². The van der Waals surface area contributed by atoms with Crippen LogP contribution in [0.1, 0.15) is 13.8 Å². The Morgan fingerprint density at radius 2 is 1.68 bits per heavy atom. The van der Waals surface area contributed by atoms with Crippen LogP contribution in [-0.2, 0) is 23.4 Å². The van der Waals surface area contributed by atoms with Crippen molar-refractivity contribution < 1.29 is 43.4 Å². The molecule has 0 saturated carbocycles. The van der Waals surface area contributed by atoms with Crippen molar-refractivity contribution >= 4 is 19.6 Å². The largest absolute Gasteiger partial charge is 0.472 e. The Morgan fingerprint density at radius 3 is 2.09 bits per heavy atom. The van der Waals surface area contributed by atoms with Crippen LogP contribution < -0.4 is 10.6 Å². The standard InChI is InChI=1S/C10H19N2O9P/c1-4(14)11-7-6(3-13)20-10(21-22(17,18)19)8(9(7)16)12-5(2)15/h6-10,13,16H,3H2,1-2H3,(H,11,14)(H,12,15)(H2,17,18,19)/t6-,7-,8-,9+,10-/m1/s1. The SMILES string of the molecule is CC(=O)N[C@H]1[C@@H](OP(=O)(O)O)O[C@H](CO)[C@@H](NC(C)=O)[C@@H]1O. The van der Waals surface area contributed by atoms with Crippen molar-refractivity contribution in [1.29, 1.82) is 0 Å². The van der Waals surface area contributed by atoms with E-state index in [-0.39, 0.29) is 0 Å². The number of nitrogens with one attached hydrogen (secondary N) is 2. The molecule has 5 atom stereocenters. The number of carbonyl (C=O) groups excluding carboxylic acids is 2. The molecule has 1 aliphatic rings. The average molecular weight is 342 g/mol. The molecule has 6 N–H and O–H groups in total. The van der Waals surface area contributed by atoms with Gasteiger partial charge in [-0.15, -0.1) is 0 Å². The van der Waals surface area contributed by atoms with Gasteiger partial charge in [-0.25, -0.2) is 4.57 Å². The van der Waals surface area contributed by atoms with Crippen molar-refractivity contribution in [1.82, 2.24) is 10.6 Å². The van der Waals surface area contributed by atoms with E-state index in [9.17, 15) is 24.4 Å². The normalized spacial score (nSPS) is 32.4.